The second kappa shape index (κ2) is 10.3. The Morgan fingerprint density at radius 1 is 0.944 bits per heavy atom. The number of rotatable bonds is 5. The molecule has 0 saturated carbocycles. The summed E-state index contributed by atoms with van der Waals surface area (Å²) in [5, 5.41) is 0. The van der Waals surface area contributed by atoms with Gasteiger partial charge in [0.05, 0.1) is 13.1 Å². The molecule has 0 aromatic heterocycles. The van der Waals surface area contributed by atoms with Crippen LogP contribution in [0.25, 0.3) is 0 Å². The first-order valence-electron chi connectivity index (χ1n) is 12.5. The fourth-order valence-electron chi connectivity index (χ4n) is 4.85. The fraction of sp³-hybridized carbons (Fsp3) is 0.464. The zero-order chi connectivity index (χ0) is 25.9. The van der Waals surface area contributed by atoms with Crippen molar-refractivity contribution in [2.24, 2.45) is 11.1 Å². The number of amides is 3. The topological polar surface area (TPSA) is 96.2 Å². The molecule has 8 nitrogen and oxygen atoms in total. The van der Waals surface area contributed by atoms with Crippen molar-refractivity contribution in [2.75, 3.05) is 37.6 Å². The molecule has 1 spiro atoms. The van der Waals surface area contributed by atoms with E-state index >= 15 is 0 Å². The molecule has 2 heterocycles. The maximum absolute atomic E-state index is 13.7. The van der Waals surface area contributed by atoms with E-state index in [4.69, 9.17) is 10.5 Å². The van der Waals surface area contributed by atoms with Gasteiger partial charge in [0, 0.05) is 42.8 Å². The maximum Gasteiger partial charge on any atom is 0.410 e. The molecular formula is C28H36N4O4. The molecule has 3 amide bonds. The molecule has 0 atom stereocenters. The first-order chi connectivity index (χ1) is 17.1. The molecule has 2 N–H and O–H groups in total. The van der Waals surface area contributed by atoms with Crippen LogP contribution >= 0.6 is 0 Å². The molecule has 0 aliphatic carbocycles. The van der Waals surface area contributed by atoms with Crippen LogP contribution in [0, 0.1) is 5.41 Å². The number of ether oxygens (including phenoxy) is 1. The molecule has 2 aliphatic rings. The van der Waals surface area contributed by atoms with Crippen LogP contribution < -0.4 is 10.6 Å². The summed E-state index contributed by atoms with van der Waals surface area (Å²) in [5.41, 5.74) is 7.36. The number of ketones is 1. The van der Waals surface area contributed by atoms with Crippen LogP contribution in [0.5, 0.6) is 0 Å². The molecule has 192 valence electrons. The monoisotopic (exact) mass is 492 g/mol. The van der Waals surface area contributed by atoms with E-state index in [0.717, 1.165) is 24.1 Å². The van der Waals surface area contributed by atoms with Crippen LogP contribution in [0.3, 0.4) is 0 Å². The number of carbonyl (C=O) groups is 3. The van der Waals surface area contributed by atoms with Crippen molar-refractivity contribution in [3.05, 3.63) is 65.7 Å². The third-order valence-electron chi connectivity index (χ3n) is 6.90. The highest BCUT2D eigenvalue weighted by atomic mass is 16.6. The molecule has 36 heavy (non-hydrogen) atoms. The number of para-hydroxylation sites is 1. The van der Waals surface area contributed by atoms with E-state index < -0.39 is 5.60 Å². The van der Waals surface area contributed by atoms with E-state index in [1.165, 1.54) is 0 Å². The van der Waals surface area contributed by atoms with Gasteiger partial charge < -0.3 is 20.3 Å². The number of nitrogens with two attached hydrogens (primary N) is 1. The Morgan fingerprint density at radius 3 is 2.11 bits per heavy atom. The molecule has 4 rings (SSSR count). The van der Waals surface area contributed by atoms with Crippen molar-refractivity contribution >= 4 is 23.6 Å². The highest BCUT2D eigenvalue weighted by Crippen LogP contribution is 2.41. The fourth-order valence-corrected chi connectivity index (χ4v) is 4.85. The Kier molecular flexibility index (Phi) is 7.36. The van der Waals surface area contributed by atoms with Crippen LogP contribution in [-0.2, 0) is 11.3 Å². The molecule has 2 aromatic rings. The summed E-state index contributed by atoms with van der Waals surface area (Å²) >= 11 is 0. The van der Waals surface area contributed by atoms with Gasteiger partial charge >= 0.3 is 12.1 Å². The molecule has 8 heteroatoms. The number of carbonyl (C=O) groups excluding carboxylic acids is 3. The summed E-state index contributed by atoms with van der Waals surface area (Å²) in [6, 6.07) is 16.9. The number of Topliss-reactive ketones (excluding diaryl/α,β-unsaturated/α-hetero) is 1. The lowest BCUT2D eigenvalue weighted by molar-refractivity contribution is -0.0548. The zero-order valence-electron chi connectivity index (χ0n) is 21.4. The summed E-state index contributed by atoms with van der Waals surface area (Å²) < 4.78 is 5.49. The molecule has 2 aliphatic heterocycles. The van der Waals surface area contributed by atoms with Gasteiger partial charge in [-0.3, -0.25) is 9.69 Å². The Balaban J connectivity index is 1.40. The van der Waals surface area contributed by atoms with E-state index in [-0.39, 0.29) is 29.9 Å². The van der Waals surface area contributed by atoms with E-state index in [9.17, 15) is 14.4 Å². The molecule has 0 unspecified atom stereocenters. The highest BCUT2D eigenvalue weighted by molar-refractivity contribution is 5.97. The Labute approximate surface area is 213 Å². The minimum Gasteiger partial charge on any atom is -0.444 e. The van der Waals surface area contributed by atoms with Crippen LogP contribution in [0.2, 0.25) is 0 Å². The summed E-state index contributed by atoms with van der Waals surface area (Å²) in [5.74, 6) is -0.110. The zero-order valence-corrected chi connectivity index (χ0v) is 21.4. The summed E-state index contributed by atoms with van der Waals surface area (Å²) in [4.78, 5) is 43.3. The lowest BCUT2D eigenvalue weighted by Crippen LogP contribution is -2.63. The van der Waals surface area contributed by atoms with Crippen molar-refractivity contribution < 1.29 is 19.1 Å². The largest absolute Gasteiger partial charge is 0.444 e. The Bertz CT molecular complexity index is 1080. The van der Waals surface area contributed by atoms with Crippen molar-refractivity contribution in [1.29, 1.82) is 0 Å². The van der Waals surface area contributed by atoms with Crippen LogP contribution in [0.1, 0.15) is 49.5 Å². The Morgan fingerprint density at radius 2 is 1.56 bits per heavy atom. The van der Waals surface area contributed by atoms with E-state index in [2.05, 4.69) is 0 Å². The number of nitrogens with zero attached hydrogens (tertiary/aromatic N) is 3. The van der Waals surface area contributed by atoms with Gasteiger partial charge in [0.2, 0.25) is 0 Å². The predicted molar refractivity (Wildman–Crippen MR) is 139 cm³/mol. The molecule has 2 fully saturated rings. The number of hydrogen-bond donors (Lipinski definition) is 1. The van der Waals surface area contributed by atoms with Crippen LogP contribution in [0.4, 0.5) is 15.3 Å². The van der Waals surface area contributed by atoms with Crippen LogP contribution in [0.15, 0.2) is 54.6 Å². The minimum atomic E-state index is -0.503. The lowest BCUT2D eigenvalue weighted by atomic mass is 9.72. The second-order valence-electron chi connectivity index (χ2n) is 10.9. The smallest absolute Gasteiger partial charge is 0.410 e. The number of hydrogen-bond acceptors (Lipinski definition) is 5. The van der Waals surface area contributed by atoms with Crippen LogP contribution in [-0.4, -0.2) is 66.0 Å². The predicted octanol–water partition coefficient (Wildman–Crippen LogP) is 4.29. The number of piperidine rings is 1. The average molecular weight is 493 g/mol. The number of benzene rings is 2. The third kappa shape index (κ3) is 5.87. The van der Waals surface area contributed by atoms with Gasteiger partial charge in [0.1, 0.15) is 5.60 Å². The first-order valence-corrected chi connectivity index (χ1v) is 12.5. The summed E-state index contributed by atoms with van der Waals surface area (Å²) in [6.45, 7) is 8.64. The number of likely N-dealkylation sites (tertiary alicyclic amines) is 2. The summed E-state index contributed by atoms with van der Waals surface area (Å²) in [7, 11) is 0. The normalized spacial score (nSPS) is 16.9. The van der Waals surface area contributed by atoms with Gasteiger partial charge in [-0.05, 0) is 51.3 Å². The van der Waals surface area contributed by atoms with Crippen molar-refractivity contribution in [3.63, 3.8) is 0 Å². The number of anilines is 1. The summed E-state index contributed by atoms with van der Waals surface area (Å²) in [6.07, 6.45) is 1.45. The molecule has 2 saturated heterocycles. The molecule has 0 bridgehead atoms. The standard InChI is InChI=1S/C28H36N4O4/c1-27(2,3)36-26(35)31-19-28(20-31)13-15-30(16-14-28)25(34)32(23-7-5-4-6-8-23)18-21-9-11-22(12-10-21)24(33)17-29/h4-12H,13-20,29H2,1-3H3. The van der Waals surface area contributed by atoms with E-state index in [0.29, 0.717) is 38.3 Å². The van der Waals surface area contributed by atoms with Gasteiger partial charge in [0.25, 0.3) is 0 Å². The average Bonchev–Trinajstić information content (AvgIpc) is 2.85. The minimum absolute atomic E-state index is 0.0278. The van der Waals surface area contributed by atoms with E-state index in [1.807, 2.05) is 68.1 Å². The third-order valence-corrected chi connectivity index (χ3v) is 6.90. The van der Waals surface area contributed by atoms with Gasteiger partial charge in [-0.15, -0.1) is 0 Å². The van der Waals surface area contributed by atoms with Crippen molar-refractivity contribution in [1.82, 2.24) is 9.80 Å². The van der Waals surface area contributed by atoms with Gasteiger partial charge in [0.15, 0.2) is 5.78 Å². The van der Waals surface area contributed by atoms with Gasteiger partial charge in [-0.25, -0.2) is 9.59 Å². The lowest BCUT2D eigenvalue weighted by Gasteiger charge is -2.53. The SMILES string of the molecule is CC(C)(C)OC(=O)N1CC2(CCN(C(=O)N(Cc3ccc(C(=O)CN)cc3)c3ccccc3)CC2)C1. The molecule has 0 radical (unpaired) electrons. The quantitative estimate of drug-likeness (QED) is 0.628. The van der Waals surface area contributed by atoms with Gasteiger partial charge in [-0.2, -0.15) is 0 Å². The molecular weight excluding hydrogens is 456 g/mol. The Hall–Kier alpha value is -3.39. The molecule has 2 aromatic carbocycles. The highest BCUT2D eigenvalue weighted by Gasteiger charge is 2.48. The maximum atomic E-state index is 13.7. The second-order valence-corrected chi connectivity index (χ2v) is 10.9. The number of urea groups is 1. The first kappa shape index (κ1) is 25.7. The van der Waals surface area contributed by atoms with E-state index in [1.54, 1.807) is 21.9 Å². The van der Waals surface area contributed by atoms with Crippen molar-refractivity contribution in [2.45, 2.75) is 45.8 Å². The van der Waals surface area contributed by atoms with Gasteiger partial charge in [-0.1, -0.05) is 42.5 Å². The van der Waals surface area contributed by atoms with Crippen molar-refractivity contribution in [3.8, 4) is 0 Å².